The molecule has 0 aliphatic rings. The number of carbonyl (C=O) groups is 1. The van der Waals surface area contributed by atoms with E-state index in [9.17, 15) is 23.1 Å². The van der Waals surface area contributed by atoms with Crippen LogP contribution in [0.15, 0.2) is 51.3 Å². The lowest BCUT2D eigenvalue weighted by Gasteiger charge is -2.19. The lowest BCUT2D eigenvalue weighted by Crippen LogP contribution is -2.11. The molecule has 0 saturated heterocycles. The first-order valence-electron chi connectivity index (χ1n) is 9.54. The topological polar surface area (TPSA) is 80.9 Å². The molecule has 3 aromatic heterocycles. The standard InChI is InChI=1S/C21H17F3N4O2S3/c1-20(2,3)11-6-8-12(9-7-11)28-16(13-5-4-10-31-13)26-27-18(28)33-19-25-15(21(22,23)24)14(32-19)17(29)30/h4-10H,1-3H3,(H,29,30). The Morgan fingerprint density at radius 1 is 1.09 bits per heavy atom. The quantitative estimate of drug-likeness (QED) is 0.325. The third-order valence-electron chi connectivity index (χ3n) is 4.62. The number of rotatable bonds is 5. The number of aromatic nitrogens is 4. The Labute approximate surface area is 199 Å². The molecule has 12 heteroatoms. The molecule has 0 fully saturated rings. The summed E-state index contributed by atoms with van der Waals surface area (Å²) in [7, 11) is 0. The fourth-order valence-electron chi connectivity index (χ4n) is 3.00. The zero-order valence-electron chi connectivity index (χ0n) is 17.5. The second-order valence-corrected chi connectivity index (χ2v) is 11.1. The van der Waals surface area contributed by atoms with Crippen LogP contribution in [0.5, 0.6) is 0 Å². The van der Waals surface area contributed by atoms with Crippen LogP contribution in [0.4, 0.5) is 13.2 Å². The molecule has 0 spiro atoms. The molecule has 172 valence electrons. The molecule has 4 rings (SSSR count). The minimum atomic E-state index is -4.87. The first-order valence-corrected chi connectivity index (χ1v) is 12.1. The number of carboxylic acids is 1. The third kappa shape index (κ3) is 4.82. The molecule has 3 heterocycles. The fourth-order valence-corrected chi connectivity index (χ4v) is 5.66. The summed E-state index contributed by atoms with van der Waals surface area (Å²) in [6, 6.07) is 11.5. The first-order chi connectivity index (χ1) is 15.4. The predicted molar refractivity (Wildman–Crippen MR) is 122 cm³/mol. The Balaban J connectivity index is 1.80. The van der Waals surface area contributed by atoms with E-state index in [1.165, 1.54) is 11.3 Å². The molecule has 6 nitrogen and oxygen atoms in total. The van der Waals surface area contributed by atoms with Crippen LogP contribution in [0.3, 0.4) is 0 Å². The molecule has 0 unspecified atom stereocenters. The number of nitrogens with zero attached hydrogens (tertiary/aromatic N) is 4. The van der Waals surface area contributed by atoms with Crippen molar-refractivity contribution < 1.29 is 23.1 Å². The predicted octanol–water partition coefficient (Wildman–Crippen LogP) is 6.62. The first kappa shape index (κ1) is 23.5. The fraction of sp³-hybridized carbons (Fsp3) is 0.238. The van der Waals surface area contributed by atoms with E-state index in [1.807, 2.05) is 41.8 Å². The van der Waals surface area contributed by atoms with Crippen LogP contribution in [0.25, 0.3) is 16.4 Å². The van der Waals surface area contributed by atoms with Gasteiger partial charge in [0.05, 0.1) is 4.88 Å². The Morgan fingerprint density at radius 3 is 2.30 bits per heavy atom. The Kier molecular flexibility index (Phi) is 6.10. The van der Waals surface area contributed by atoms with E-state index in [2.05, 4.69) is 36.0 Å². The Hall–Kier alpha value is -2.70. The lowest BCUT2D eigenvalue weighted by molar-refractivity contribution is -0.141. The molecule has 0 atom stereocenters. The minimum absolute atomic E-state index is 0.0536. The van der Waals surface area contributed by atoms with E-state index in [0.717, 1.165) is 27.9 Å². The van der Waals surface area contributed by atoms with E-state index in [0.29, 0.717) is 17.2 Å². The summed E-state index contributed by atoms with van der Waals surface area (Å²) in [6.45, 7) is 6.29. The number of hydrogen-bond acceptors (Lipinski definition) is 7. The molecule has 1 N–H and O–H groups in total. The summed E-state index contributed by atoms with van der Waals surface area (Å²) >= 11 is 2.76. The van der Waals surface area contributed by atoms with Crippen LogP contribution >= 0.6 is 34.4 Å². The maximum atomic E-state index is 13.3. The smallest absolute Gasteiger partial charge is 0.435 e. The van der Waals surface area contributed by atoms with Crippen molar-refractivity contribution in [3.8, 4) is 16.4 Å². The highest BCUT2D eigenvalue weighted by Crippen LogP contribution is 2.40. The van der Waals surface area contributed by atoms with Gasteiger partial charge in [-0.25, -0.2) is 9.78 Å². The van der Waals surface area contributed by atoms with Crippen molar-refractivity contribution in [1.82, 2.24) is 19.7 Å². The molecule has 0 radical (unpaired) electrons. The summed E-state index contributed by atoms with van der Waals surface area (Å²) in [5.41, 5.74) is 0.376. The number of carboxylic acid groups (broad SMARTS) is 1. The third-order valence-corrected chi connectivity index (χ3v) is 7.53. The van der Waals surface area contributed by atoms with Crippen molar-refractivity contribution >= 4 is 40.4 Å². The summed E-state index contributed by atoms with van der Waals surface area (Å²) in [5, 5.41) is 19.8. The highest BCUT2D eigenvalue weighted by Gasteiger charge is 2.40. The highest BCUT2D eigenvalue weighted by molar-refractivity contribution is 8.00. The number of halogens is 3. The molecule has 0 bridgehead atoms. The molecule has 33 heavy (non-hydrogen) atoms. The molecule has 0 amide bonds. The van der Waals surface area contributed by atoms with Gasteiger partial charge in [0.1, 0.15) is 4.88 Å². The SMILES string of the molecule is CC(C)(C)c1ccc(-n2c(Sc3nc(C(F)(F)F)c(C(=O)O)s3)nnc2-c2cccs2)cc1. The summed E-state index contributed by atoms with van der Waals surface area (Å²) in [6.07, 6.45) is -4.87. The van der Waals surface area contributed by atoms with Crippen LogP contribution in [0.1, 0.15) is 41.7 Å². The summed E-state index contributed by atoms with van der Waals surface area (Å²) in [4.78, 5) is 14.8. The van der Waals surface area contributed by atoms with Gasteiger partial charge in [0.15, 0.2) is 15.9 Å². The summed E-state index contributed by atoms with van der Waals surface area (Å²) < 4.78 is 41.5. The molecular weight excluding hydrogens is 493 g/mol. The van der Waals surface area contributed by atoms with E-state index in [4.69, 9.17) is 0 Å². The van der Waals surface area contributed by atoms with Crippen LogP contribution in [0.2, 0.25) is 0 Å². The molecule has 4 aromatic rings. The normalized spacial score (nSPS) is 12.3. The van der Waals surface area contributed by atoms with Crippen molar-refractivity contribution in [2.45, 2.75) is 41.9 Å². The molecule has 1 aromatic carbocycles. The number of alkyl halides is 3. The molecule has 0 aliphatic carbocycles. The average Bonchev–Trinajstić information content (AvgIpc) is 3.46. The van der Waals surface area contributed by atoms with Gasteiger partial charge in [0.25, 0.3) is 0 Å². The number of aromatic carboxylic acids is 1. The van der Waals surface area contributed by atoms with E-state index in [1.54, 1.807) is 4.57 Å². The van der Waals surface area contributed by atoms with Crippen LogP contribution in [-0.2, 0) is 11.6 Å². The van der Waals surface area contributed by atoms with Crippen molar-refractivity contribution in [2.75, 3.05) is 0 Å². The zero-order chi connectivity index (χ0) is 24.0. The number of thiazole rings is 1. The number of benzene rings is 1. The largest absolute Gasteiger partial charge is 0.477 e. The molecular formula is C21H17F3N4O2S3. The van der Waals surface area contributed by atoms with Gasteiger partial charge in [0.2, 0.25) is 5.16 Å². The van der Waals surface area contributed by atoms with Gasteiger partial charge in [-0.3, -0.25) is 4.57 Å². The van der Waals surface area contributed by atoms with Gasteiger partial charge in [-0.2, -0.15) is 13.2 Å². The number of thiophene rings is 1. The minimum Gasteiger partial charge on any atom is -0.477 e. The average molecular weight is 511 g/mol. The van der Waals surface area contributed by atoms with E-state index >= 15 is 0 Å². The van der Waals surface area contributed by atoms with Crippen LogP contribution < -0.4 is 0 Å². The van der Waals surface area contributed by atoms with Gasteiger partial charge in [-0.1, -0.05) is 50.3 Å². The van der Waals surface area contributed by atoms with Gasteiger partial charge in [0, 0.05) is 5.69 Å². The van der Waals surface area contributed by atoms with Gasteiger partial charge in [-0.05, 0) is 46.3 Å². The second-order valence-electron chi connectivity index (χ2n) is 7.98. The molecule has 0 saturated carbocycles. The maximum Gasteiger partial charge on any atom is 0.435 e. The van der Waals surface area contributed by atoms with Gasteiger partial charge in [-0.15, -0.1) is 21.5 Å². The van der Waals surface area contributed by atoms with Crippen LogP contribution in [0, 0.1) is 0 Å². The van der Waals surface area contributed by atoms with Crippen LogP contribution in [-0.4, -0.2) is 30.8 Å². The van der Waals surface area contributed by atoms with Gasteiger partial charge >= 0.3 is 12.1 Å². The zero-order valence-corrected chi connectivity index (χ0v) is 20.0. The van der Waals surface area contributed by atoms with Crippen molar-refractivity contribution in [2.24, 2.45) is 0 Å². The highest BCUT2D eigenvalue weighted by atomic mass is 32.2. The van der Waals surface area contributed by atoms with Crippen molar-refractivity contribution in [3.05, 3.63) is 57.9 Å². The Bertz CT molecular complexity index is 1290. The van der Waals surface area contributed by atoms with Gasteiger partial charge < -0.3 is 5.11 Å². The second kappa shape index (κ2) is 8.58. The maximum absolute atomic E-state index is 13.3. The lowest BCUT2D eigenvalue weighted by atomic mass is 9.87. The summed E-state index contributed by atoms with van der Waals surface area (Å²) in [5.74, 6) is -1.15. The van der Waals surface area contributed by atoms with Crippen molar-refractivity contribution in [3.63, 3.8) is 0 Å². The van der Waals surface area contributed by atoms with E-state index < -0.39 is 22.7 Å². The van der Waals surface area contributed by atoms with E-state index in [-0.39, 0.29) is 14.9 Å². The number of hydrogen-bond donors (Lipinski definition) is 1. The molecule has 0 aliphatic heterocycles. The van der Waals surface area contributed by atoms with Crippen molar-refractivity contribution in [1.29, 1.82) is 0 Å². The monoisotopic (exact) mass is 510 g/mol. The Morgan fingerprint density at radius 2 is 1.79 bits per heavy atom.